The van der Waals surface area contributed by atoms with E-state index in [9.17, 15) is 0 Å². The van der Waals surface area contributed by atoms with Crippen molar-refractivity contribution in [2.45, 2.75) is 89.1 Å². The molecule has 112 valence electrons. The van der Waals surface area contributed by atoms with E-state index in [2.05, 4.69) is 27.7 Å². The monoisotopic (exact) mass is 269 g/mol. The average molecular weight is 269 g/mol. The van der Waals surface area contributed by atoms with Crippen molar-refractivity contribution in [1.82, 2.24) is 0 Å². The lowest BCUT2D eigenvalue weighted by Gasteiger charge is -2.45. The lowest BCUT2D eigenvalue weighted by Crippen LogP contribution is -2.57. The highest BCUT2D eigenvalue weighted by Gasteiger charge is 2.53. The van der Waals surface area contributed by atoms with Crippen LogP contribution in [0.25, 0.3) is 0 Å². The Balaban J connectivity index is 2.20. The normalized spacial score (nSPS) is 34.1. The fourth-order valence-electron chi connectivity index (χ4n) is 4.35. The SMILES string of the molecule is COC1(C(N)C2CC(C)(C)OC2(C)C)CCCCC1. The van der Waals surface area contributed by atoms with Crippen molar-refractivity contribution < 1.29 is 9.47 Å². The fourth-order valence-corrected chi connectivity index (χ4v) is 4.35. The largest absolute Gasteiger partial charge is 0.377 e. The Morgan fingerprint density at radius 2 is 1.68 bits per heavy atom. The predicted molar refractivity (Wildman–Crippen MR) is 78.2 cm³/mol. The van der Waals surface area contributed by atoms with E-state index in [0.717, 1.165) is 19.3 Å². The Kier molecular flexibility index (Phi) is 4.03. The van der Waals surface area contributed by atoms with E-state index < -0.39 is 0 Å². The first-order valence-electron chi connectivity index (χ1n) is 7.73. The van der Waals surface area contributed by atoms with Crippen LogP contribution in [0.3, 0.4) is 0 Å². The molecule has 1 aliphatic heterocycles. The first-order valence-corrected chi connectivity index (χ1v) is 7.73. The van der Waals surface area contributed by atoms with Crippen LogP contribution in [0.5, 0.6) is 0 Å². The maximum absolute atomic E-state index is 6.69. The Morgan fingerprint density at radius 1 is 1.11 bits per heavy atom. The molecule has 0 amide bonds. The molecular formula is C16H31NO2. The molecule has 2 rings (SSSR count). The number of nitrogens with two attached hydrogens (primary N) is 1. The van der Waals surface area contributed by atoms with Crippen LogP contribution < -0.4 is 5.73 Å². The third-order valence-electron chi connectivity index (χ3n) is 5.29. The zero-order valence-corrected chi connectivity index (χ0v) is 13.3. The molecule has 0 spiro atoms. The molecule has 2 aliphatic rings. The van der Waals surface area contributed by atoms with Gasteiger partial charge >= 0.3 is 0 Å². The lowest BCUT2D eigenvalue weighted by atomic mass is 9.69. The Hall–Kier alpha value is -0.120. The quantitative estimate of drug-likeness (QED) is 0.855. The molecule has 2 fully saturated rings. The van der Waals surface area contributed by atoms with Crippen molar-refractivity contribution >= 4 is 0 Å². The van der Waals surface area contributed by atoms with Gasteiger partial charge in [-0.3, -0.25) is 0 Å². The van der Waals surface area contributed by atoms with Crippen LogP contribution in [0.1, 0.15) is 66.2 Å². The van der Waals surface area contributed by atoms with E-state index in [1.807, 2.05) is 7.11 Å². The van der Waals surface area contributed by atoms with Gasteiger partial charge in [0.05, 0.1) is 16.8 Å². The molecule has 3 heteroatoms. The van der Waals surface area contributed by atoms with Gasteiger partial charge in [-0.25, -0.2) is 0 Å². The average Bonchev–Trinajstić information content (AvgIpc) is 2.57. The summed E-state index contributed by atoms with van der Waals surface area (Å²) in [5, 5.41) is 0. The summed E-state index contributed by atoms with van der Waals surface area (Å²) in [6, 6.07) is 0.0644. The van der Waals surface area contributed by atoms with Gasteiger partial charge in [0.2, 0.25) is 0 Å². The molecule has 0 aromatic rings. The van der Waals surface area contributed by atoms with Crippen molar-refractivity contribution in [3.63, 3.8) is 0 Å². The number of methoxy groups -OCH3 is 1. The van der Waals surface area contributed by atoms with Gasteiger partial charge in [0, 0.05) is 19.1 Å². The molecule has 0 aromatic heterocycles. The zero-order chi connectivity index (χ0) is 14.3. The standard InChI is InChI=1S/C16H31NO2/c1-14(2)11-12(15(3,4)19-14)13(17)16(18-5)9-7-6-8-10-16/h12-13H,6-11,17H2,1-5H3. The minimum Gasteiger partial charge on any atom is -0.377 e. The van der Waals surface area contributed by atoms with Gasteiger partial charge in [-0.2, -0.15) is 0 Å². The van der Waals surface area contributed by atoms with E-state index >= 15 is 0 Å². The molecule has 1 saturated heterocycles. The highest BCUT2D eigenvalue weighted by atomic mass is 16.5. The van der Waals surface area contributed by atoms with Crippen LogP contribution in [0.2, 0.25) is 0 Å². The summed E-state index contributed by atoms with van der Waals surface area (Å²) in [5.41, 5.74) is 6.32. The summed E-state index contributed by atoms with van der Waals surface area (Å²) in [5.74, 6) is 0.362. The molecule has 1 aliphatic carbocycles. The van der Waals surface area contributed by atoms with Gasteiger partial charge in [0.25, 0.3) is 0 Å². The molecule has 3 nitrogen and oxygen atoms in total. The first-order chi connectivity index (χ1) is 8.72. The molecule has 19 heavy (non-hydrogen) atoms. The van der Waals surface area contributed by atoms with Gasteiger partial charge in [-0.1, -0.05) is 19.3 Å². The van der Waals surface area contributed by atoms with Crippen LogP contribution in [0.4, 0.5) is 0 Å². The van der Waals surface area contributed by atoms with Crippen molar-refractivity contribution in [3.8, 4) is 0 Å². The highest BCUT2D eigenvalue weighted by Crippen LogP contribution is 2.47. The van der Waals surface area contributed by atoms with Gasteiger partial charge < -0.3 is 15.2 Å². The number of ether oxygens (including phenoxy) is 2. The van der Waals surface area contributed by atoms with Gasteiger partial charge in [-0.15, -0.1) is 0 Å². The third kappa shape index (κ3) is 2.84. The summed E-state index contributed by atoms with van der Waals surface area (Å²) < 4.78 is 12.1. The van der Waals surface area contributed by atoms with E-state index in [1.54, 1.807) is 0 Å². The minimum absolute atomic E-state index is 0.0644. The Bertz CT molecular complexity index is 319. The summed E-state index contributed by atoms with van der Waals surface area (Å²) in [6.07, 6.45) is 6.99. The number of hydrogen-bond donors (Lipinski definition) is 1. The summed E-state index contributed by atoms with van der Waals surface area (Å²) >= 11 is 0. The highest BCUT2D eigenvalue weighted by molar-refractivity contribution is 5.06. The summed E-state index contributed by atoms with van der Waals surface area (Å²) in [6.45, 7) is 8.69. The molecule has 1 saturated carbocycles. The van der Waals surface area contributed by atoms with Crippen LogP contribution in [-0.2, 0) is 9.47 Å². The molecule has 0 radical (unpaired) electrons. The Morgan fingerprint density at radius 3 is 2.11 bits per heavy atom. The number of rotatable bonds is 3. The van der Waals surface area contributed by atoms with Gasteiger partial charge in [-0.05, 0) is 47.0 Å². The second kappa shape index (κ2) is 5.01. The molecular weight excluding hydrogens is 238 g/mol. The molecule has 2 atom stereocenters. The smallest absolute Gasteiger partial charge is 0.0832 e. The second-order valence-electron chi connectivity index (χ2n) is 7.63. The molecule has 0 bridgehead atoms. The van der Waals surface area contributed by atoms with Crippen molar-refractivity contribution in [1.29, 1.82) is 0 Å². The van der Waals surface area contributed by atoms with Crippen molar-refractivity contribution in [3.05, 3.63) is 0 Å². The van der Waals surface area contributed by atoms with Crippen molar-refractivity contribution in [2.75, 3.05) is 7.11 Å². The molecule has 2 unspecified atom stereocenters. The summed E-state index contributed by atoms with van der Waals surface area (Å²) in [4.78, 5) is 0. The Labute approximate surface area is 118 Å². The maximum atomic E-state index is 6.69. The topological polar surface area (TPSA) is 44.5 Å². The predicted octanol–water partition coefficient (Wildman–Crippen LogP) is 3.26. The maximum Gasteiger partial charge on any atom is 0.0832 e. The van der Waals surface area contributed by atoms with Crippen LogP contribution in [0, 0.1) is 5.92 Å². The summed E-state index contributed by atoms with van der Waals surface area (Å²) in [7, 11) is 1.83. The fraction of sp³-hybridized carbons (Fsp3) is 1.00. The first kappa shape index (κ1) is 15.3. The molecule has 0 aromatic carbocycles. The van der Waals surface area contributed by atoms with Crippen molar-refractivity contribution in [2.24, 2.45) is 11.7 Å². The van der Waals surface area contributed by atoms with Gasteiger partial charge in [0.15, 0.2) is 0 Å². The minimum atomic E-state index is -0.161. The van der Waals surface area contributed by atoms with Crippen LogP contribution in [-0.4, -0.2) is 30.0 Å². The second-order valence-corrected chi connectivity index (χ2v) is 7.63. The van der Waals surface area contributed by atoms with Crippen LogP contribution >= 0.6 is 0 Å². The van der Waals surface area contributed by atoms with E-state index in [4.69, 9.17) is 15.2 Å². The zero-order valence-electron chi connectivity index (χ0n) is 13.3. The number of hydrogen-bond acceptors (Lipinski definition) is 3. The van der Waals surface area contributed by atoms with Crippen LogP contribution in [0.15, 0.2) is 0 Å². The molecule has 2 N–H and O–H groups in total. The lowest BCUT2D eigenvalue weighted by molar-refractivity contribution is -0.107. The van der Waals surface area contributed by atoms with E-state index in [0.29, 0.717) is 5.92 Å². The van der Waals surface area contributed by atoms with E-state index in [-0.39, 0.29) is 22.8 Å². The molecule has 1 heterocycles. The van der Waals surface area contributed by atoms with E-state index in [1.165, 1.54) is 19.3 Å². The third-order valence-corrected chi connectivity index (χ3v) is 5.29. The van der Waals surface area contributed by atoms with Gasteiger partial charge in [0.1, 0.15) is 0 Å².